The minimum absolute atomic E-state index is 0.0185. The van der Waals surface area contributed by atoms with Gasteiger partial charge in [0, 0.05) is 17.6 Å². The molecule has 0 aromatic heterocycles. The molecule has 2 atom stereocenters. The Bertz CT molecular complexity index is 342. The summed E-state index contributed by atoms with van der Waals surface area (Å²) in [6.07, 6.45) is 0.0421. The number of carbonyl (C=O) groups excluding carboxylic acids is 1. The molecule has 0 aliphatic rings. The van der Waals surface area contributed by atoms with E-state index in [0.29, 0.717) is 0 Å². The summed E-state index contributed by atoms with van der Waals surface area (Å²) in [6.45, 7) is 4.38. The van der Waals surface area contributed by atoms with Crippen molar-refractivity contribution in [2.45, 2.75) is 20.8 Å². The first-order valence-corrected chi connectivity index (χ1v) is 8.29. The fraction of sp³-hybridized carbons (Fsp3) is 0.667. The number of hydrogen-bond acceptors (Lipinski definition) is 6. The van der Waals surface area contributed by atoms with Crippen LogP contribution in [0, 0.1) is 0 Å². The van der Waals surface area contributed by atoms with Crippen LogP contribution in [-0.2, 0) is 23.1 Å². The van der Waals surface area contributed by atoms with Gasteiger partial charge in [0.05, 0.1) is 6.61 Å². The predicted octanol–water partition coefficient (Wildman–Crippen LogP) is 1.95. The van der Waals surface area contributed by atoms with Gasteiger partial charge in [0.25, 0.3) is 0 Å². The fourth-order valence-electron chi connectivity index (χ4n) is 0.833. The second kappa shape index (κ2) is 8.75. The largest absolute Gasteiger partial charge is 0.435 e. The summed E-state index contributed by atoms with van der Waals surface area (Å²) < 4.78 is 25.3. The lowest BCUT2D eigenvalue weighted by Crippen LogP contribution is -2.08. The van der Waals surface area contributed by atoms with Crippen molar-refractivity contribution in [3.8, 4) is 0 Å². The lowest BCUT2D eigenvalue weighted by Gasteiger charge is -2.10. The quantitative estimate of drug-likeness (QED) is 0.306. The van der Waals surface area contributed by atoms with Gasteiger partial charge in [-0.15, -0.1) is 0 Å². The van der Waals surface area contributed by atoms with Gasteiger partial charge >= 0.3 is 14.6 Å². The van der Waals surface area contributed by atoms with E-state index in [4.69, 9.17) is 4.89 Å². The van der Waals surface area contributed by atoms with Crippen molar-refractivity contribution < 1.29 is 32.9 Å². The maximum Gasteiger partial charge on any atom is 0.336 e. The summed E-state index contributed by atoms with van der Waals surface area (Å²) in [5, 5.41) is 0. The Hall–Kier alpha value is -0.290. The Morgan fingerprint density at radius 3 is 2.50 bits per heavy atom. The van der Waals surface area contributed by atoms with Crippen LogP contribution in [0.2, 0.25) is 0 Å². The summed E-state index contributed by atoms with van der Waals surface area (Å²) >= 11 is 0. The van der Waals surface area contributed by atoms with Crippen LogP contribution in [0.4, 0.5) is 0 Å². The van der Waals surface area contributed by atoms with Crippen molar-refractivity contribution >= 4 is 21.9 Å². The Kier molecular flexibility index (Phi) is 8.61. The smallest absolute Gasteiger partial charge is 0.336 e. The van der Waals surface area contributed by atoms with Crippen LogP contribution in [0.3, 0.4) is 0 Å². The molecule has 9 heteroatoms. The monoisotopic (exact) mass is 300 g/mol. The first kappa shape index (κ1) is 17.7. The van der Waals surface area contributed by atoms with Crippen LogP contribution in [-0.4, -0.2) is 35.3 Å². The average Bonchev–Trinajstić information content (AvgIpc) is 2.28. The Balaban J connectivity index is 4.14. The molecule has 0 aromatic carbocycles. The standard InChI is InChI=1S/C9H18O7P2/c1-4-15-17(11)16-7-14-9(10)8(3)6-18(12,13)5-2/h6,11H,4-5,7H2,1-3H3,(H,12,13). The molecule has 0 bridgehead atoms. The molecule has 0 amide bonds. The molecule has 7 nitrogen and oxygen atoms in total. The highest BCUT2D eigenvalue weighted by Crippen LogP contribution is 2.42. The fourth-order valence-corrected chi connectivity index (χ4v) is 2.16. The third-order valence-corrected chi connectivity index (χ3v) is 4.27. The molecule has 0 saturated heterocycles. The van der Waals surface area contributed by atoms with Crippen LogP contribution in [0.5, 0.6) is 0 Å². The van der Waals surface area contributed by atoms with E-state index in [9.17, 15) is 14.3 Å². The molecule has 0 rings (SSSR count). The van der Waals surface area contributed by atoms with Gasteiger partial charge < -0.3 is 19.0 Å². The van der Waals surface area contributed by atoms with E-state index >= 15 is 0 Å². The third-order valence-electron chi connectivity index (χ3n) is 1.76. The Morgan fingerprint density at radius 2 is 2.00 bits per heavy atom. The highest BCUT2D eigenvalue weighted by Gasteiger charge is 2.16. The molecular weight excluding hydrogens is 282 g/mol. The molecule has 0 fully saturated rings. The second-order valence-corrected chi connectivity index (χ2v) is 6.61. The van der Waals surface area contributed by atoms with Crippen molar-refractivity contribution in [3.05, 3.63) is 11.4 Å². The van der Waals surface area contributed by atoms with Crippen LogP contribution < -0.4 is 0 Å². The van der Waals surface area contributed by atoms with Gasteiger partial charge in [0.2, 0.25) is 14.2 Å². The molecule has 106 valence electrons. The summed E-state index contributed by atoms with van der Waals surface area (Å²) in [5.41, 5.74) is 0.0185. The number of hydrogen-bond donors (Lipinski definition) is 2. The minimum atomic E-state index is -3.42. The van der Waals surface area contributed by atoms with Gasteiger partial charge in [0.1, 0.15) is 0 Å². The van der Waals surface area contributed by atoms with Gasteiger partial charge in [-0.25, -0.2) is 4.79 Å². The molecule has 0 saturated carbocycles. The third kappa shape index (κ3) is 7.93. The molecule has 2 N–H and O–H groups in total. The topological polar surface area (TPSA) is 102 Å². The van der Waals surface area contributed by atoms with Gasteiger partial charge in [-0.3, -0.25) is 9.09 Å². The van der Waals surface area contributed by atoms with Crippen molar-refractivity contribution in [3.63, 3.8) is 0 Å². The number of esters is 1. The van der Waals surface area contributed by atoms with E-state index in [1.807, 2.05) is 0 Å². The first-order valence-electron chi connectivity index (χ1n) is 5.25. The van der Waals surface area contributed by atoms with Crippen molar-refractivity contribution in [1.29, 1.82) is 0 Å². The first-order chi connectivity index (χ1) is 8.32. The molecule has 0 radical (unpaired) electrons. The van der Waals surface area contributed by atoms with Crippen LogP contribution in [0.25, 0.3) is 0 Å². The molecule has 0 aliphatic heterocycles. The van der Waals surface area contributed by atoms with E-state index in [0.717, 1.165) is 5.82 Å². The van der Waals surface area contributed by atoms with Crippen molar-refractivity contribution in [2.24, 2.45) is 0 Å². The number of ether oxygens (including phenoxy) is 1. The number of rotatable bonds is 8. The maximum atomic E-state index is 11.4. The normalized spacial score (nSPS) is 17.1. The zero-order valence-corrected chi connectivity index (χ0v) is 12.3. The van der Waals surface area contributed by atoms with Gasteiger partial charge in [0.15, 0.2) is 0 Å². The van der Waals surface area contributed by atoms with Crippen molar-refractivity contribution in [1.82, 2.24) is 0 Å². The Labute approximate surface area is 107 Å². The van der Waals surface area contributed by atoms with E-state index in [2.05, 4.69) is 13.8 Å². The summed E-state index contributed by atoms with van der Waals surface area (Å²) in [6, 6.07) is 0. The lowest BCUT2D eigenvalue weighted by molar-refractivity contribution is -0.145. The molecule has 0 heterocycles. The molecule has 0 aromatic rings. The highest BCUT2D eigenvalue weighted by atomic mass is 31.2. The van der Waals surface area contributed by atoms with E-state index in [-0.39, 0.29) is 18.3 Å². The lowest BCUT2D eigenvalue weighted by atomic mass is 10.4. The summed E-state index contributed by atoms with van der Waals surface area (Å²) in [4.78, 5) is 29.7. The number of carbonyl (C=O) groups is 1. The zero-order valence-electron chi connectivity index (χ0n) is 10.5. The SMILES string of the molecule is CCOP(O)OCOC(=O)C(C)=CP(=O)(O)CC. The van der Waals surface area contributed by atoms with E-state index < -0.39 is 28.7 Å². The summed E-state index contributed by atoms with van der Waals surface area (Å²) in [5.74, 6) is 0.206. The molecular formula is C9H18O7P2. The molecule has 2 unspecified atom stereocenters. The zero-order chi connectivity index (χ0) is 14.2. The molecule has 18 heavy (non-hydrogen) atoms. The Morgan fingerprint density at radius 1 is 1.39 bits per heavy atom. The van der Waals surface area contributed by atoms with Gasteiger partial charge in [-0.05, 0) is 13.8 Å². The highest BCUT2D eigenvalue weighted by molar-refractivity contribution is 7.61. The van der Waals surface area contributed by atoms with Gasteiger partial charge in [-0.2, -0.15) is 0 Å². The summed E-state index contributed by atoms with van der Waals surface area (Å²) in [7, 11) is -5.48. The molecule has 0 spiro atoms. The van der Waals surface area contributed by atoms with Crippen LogP contribution >= 0.6 is 16.0 Å². The average molecular weight is 300 g/mol. The predicted molar refractivity (Wildman–Crippen MR) is 66.9 cm³/mol. The minimum Gasteiger partial charge on any atom is -0.435 e. The van der Waals surface area contributed by atoms with Crippen LogP contribution in [0.15, 0.2) is 11.4 Å². The van der Waals surface area contributed by atoms with Gasteiger partial charge in [-0.1, -0.05) is 6.92 Å². The maximum absolute atomic E-state index is 11.4. The van der Waals surface area contributed by atoms with E-state index in [1.165, 1.54) is 6.92 Å². The second-order valence-electron chi connectivity index (χ2n) is 3.22. The molecule has 0 aliphatic carbocycles. The van der Waals surface area contributed by atoms with E-state index in [1.54, 1.807) is 13.8 Å². The van der Waals surface area contributed by atoms with Crippen molar-refractivity contribution in [2.75, 3.05) is 19.6 Å². The van der Waals surface area contributed by atoms with Crippen LogP contribution in [0.1, 0.15) is 20.8 Å².